The summed E-state index contributed by atoms with van der Waals surface area (Å²) in [4.78, 5) is 27.6. The summed E-state index contributed by atoms with van der Waals surface area (Å²) in [5, 5.41) is 2.80. The van der Waals surface area contributed by atoms with Crippen molar-refractivity contribution in [1.29, 1.82) is 0 Å². The average molecular weight is 312 g/mol. The molecule has 1 heterocycles. The van der Waals surface area contributed by atoms with Crippen LogP contribution in [0.15, 0.2) is 48.7 Å². The third-order valence-corrected chi connectivity index (χ3v) is 3.59. The number of benzene rings is 1. The molecule has 0 bridgehead atoms. The van der Waals surface area contributed by atoms with E-state index < -0.39 is 5.97 Å². The molecule has 120 valence electrons. The number of hydrogen-bond acceptors (Lipinski definition) is 4. The van der Waals surface area contributed by atoms with Crippen LogP contribution < -0.4 is 5.32 Å². The van der Waals surface area contributed by atoms with E-state index in [1.54, 1.807) is 18.2 Å². The lowest BCUT2D eigenvalue weighted by Gasteiger charge is -2.15. The van der Waals surface area contributed by atoms with E-state index in [0.717, 1.165) is 17.7 Å². The minimum Gasteiger partial charge on any atom is -0.451 e. The van der Waals surface area contributed by atoms with Gasteiger partial charge in [-0.2, -0.15) is 0 Å². The molecule has 0 saturated carbocycles. The first-order valence-electron chi connectivity index (χ1n) is 7.58. The van der Waals surface area contributed by atoms with E-state index >= 15 is 0 Å². The average Bonchev–Trinajstić information content (AvgIpc) is 2.60. The Kier molecular flexibility index (Phi) is 5.86. The maximum absolute atomic E-state index is 12.0. The van der Waals surface area contributed by atoms with Gasteiger partial charge >= 0.3 is 5.97 Å². The number of aromatic nitrogens is 1. The molecule has 1 aromatic carbocycles. The largest absolute Gasteiger partial charge is 0.451 e. The summed E-state index contributed by atoms with van der Waals surface area (Å²) < 4.78 is 4.98. The molecule has 5 heteroatoms. The van der Waals surface area contributed by atoms with Crippen LogP contribution in [0.1, 0.15) is 42.2 Å². The van der Waals surface area contributed by atoms with Crippen molar-refractivity contribution in [2.75, 3.05) is 11.9 Å². The van der Waals surface area contributed by atoms with Gasteiger partial charge in [-0.25, -0.2) is 9.78 Å². The van der Waals surface area contributed by atoms with E-state index in [0.29, 0.717) is 5.92 Å². The minimum absolute atomic E-state index is 0.181. The van der Waals surface area contributed by atoms with Crippen molar-refractivity contribution in [1.82, 2.24) is 4.98 Å². The van der Waals surface area contributed by atoms with Crippen molar-refractivity contribution >= 4 is 17.6 Å². The van der Waals surface area contributed by atoms with Gasteiger partial charge in [0.2, 0.25) is 0 Å². The lowest BCUT2D eigenvalue weighted by molar-refractivity contribution is -0.119. The van der Waals surface area contributed by atoms with Crippen LogP contribution in [0.3, 0.4) is 0 Å². The first-order chi connectivity index (χ1) is 11.1. The fraction of sp³-hybridized carbons (Fsp3) is 0.278. The summed E-state index contributed by atoms with van der Waals surface area (Å²) in [5.41, 5.74) is 2.00. The highest BCUT2D eigenvalue weighted by Gasteiger charge is 2.13. The third-order valence-electron chi connectivity index (χ3n) is 3.59. The zero-order chi connectivity index (χ0) is 16.7. The summed E-state index contributed by atoms with van der Waals surface area (Å²) in [6.45, 7) is 3.86. The van der Waals surface area contributed by atoms with E-state index in [4.69, 9.17) is 4.74 Å². The van der Waals surface area contributed by atoms with Gasteiger partial charge < -0.3 is 10.1 Å². The van der Waals surface area contributed by atoms with Gasteiger partial charge in [-0.05, 0) is 36.1 Å². The number of rotatable bonds is 6. The molecule has 1 atom stereocenters. The van der Waals surface area contributed by atoms with Gasteiger partial charge in [-0.15, -0.1) is 0 Å². The van der Waals surface area contributed by atoms with Crippen LogP contribution in [-0.4, -0.2) is 23.5 Å². The lowest BCUT2D eigenvalue weighted by atomic mass is 9.97. The molecule has 0 aliphatic rings. The molecular formula is C18H20N2O3. The summed E-state index contributed by atoms with van der Waals surface area (Å²) in [6.07, 6.45) is 2.47. The van der Waals surface area contributed by atoms with Crippen molar-refractivity contribution in [3.63, 3.8) is 0 Å². The molecule has 2 aromatic rings. The second-order valence-corrected chi connectivity index (χ2v) is 5.24. The fourth-order valence-corrected chi connectivity index (χ4v) is 2.14. The number of nitrogens with zero attached hydrogens (tertiary/aromatic N) is 1. The third kappa shape index (κ3) is 4.64. The molecule has 0 saturated heterocycles. The molecule has 0 radical (unpaired) electrons. The molecule has 0 spiro atoms. The fourth-order valence-electron chi connectivity index (χ4n) is 2.14. The normalized spacial score (nSPS) is 11.6. The number of carbonyl (C=O) groups excluding carboxylic acids is 2. The Morgan fingerprint density at radius 1 is 1.17 bits per heavy atom. The number of amides is 1. The highest BCUT2D eigenvalue weighted by Crippen LogP contribution is 2.26. The smallest absolute Gasteiger partial charge is 0.357 e. The zero-order valence-electron chi connectivity index (χ0n) is 13.3. The van der Waals surface area contributed by atoms with Gasteiger partial charge in [-0.1, -0.05) is 38.1 Å². The number of pyridine rings is 1. The van der Waals surface area contributed by atoms with Crippen LogP contribution in [0.4, 0.5) is 5.69 Å². The molecule has 1 amide bonds. The molecule has 0 aliphatic heterocycles. The van der Waals surface area contributed by atoms with Gasteiger partial charge in [0.15, 0.2) is 6.61 Å². The Hall–Kier alpha value is -2.69. The molecule has 0 unspecified atom stereocenters. The Morgan fingerprint density at radius 2 is 1.91 bits per heavy atom. The lowest BCUT2D eigenvalue weighted by Crippen LogP contribution is -2.22. The monoisotopic (exact) mass is 312 g/mol. The molecular weight excluding hydrogens is 292 g/mol. The second-order valence-electron chi connectivity index (χ2n) is 5.24. The van der Waals surface area contributed by atoms with E-state index in [-0.39, 0.29) is 18.2 Å². The van der Waals surface area contributed by atoms with E-state index in [1.807, 2.05) is 24.3 Å². The predicted octanol–water partition coefficient (Wildman–Crippen LogP) is 3.39. The number of para-hydroxylation sites is 1. The standard InChI is InChI=1S/C18H20N2O3/c1-3-13(2)14-8-4-5-9-15(14)20-17(21)12-23-18(22)16-10-6-7-11-19-16/h4-11,13H,3,12H2,1-2H3,(H,20,21)/t13-/m1/s1. The maximum atomic E-state index is 12.0. The van der Waals surface area contributed by atoms with Crippen LogP contribution in [0, 0.1) is 0 Å². The number of carbonyl (C=O) groups is 2. The molecule has 0 fully saturated rings. The SMILES string of the molecule is CC[C@@H](C)c1ccccc1NC(=O)COC(=O)c1ccccn1. The highest BCUT2D eigenvalue weighted by molar-refractivity contribution is 5.95. The minimum atomic E-state index is -0.615. The Morgan fingerprint density at radius 3 is 2.61 bits per heavy atom. The van der Waals surface area contributed by atoms with Crippen molar-refractivity contribution in [3.8, 4) is 0 Å². The number of nitrogens with one attached hydrogen (secondary N) is 1. The van der Waals surface area contributed by atoms with Gasteiger partial charge in [-0.3, -0.25) is 4.79 Å². The Labute approximate surface area is 135 Å². The number of hydrogen-bond donors (Lipinski definition) is 1. The Bertz CT molecular complexity index is 671. The topological polar surface area (TPSA) is 68.3 Å². The van der Waals surface area contributed by atoms with Gasteiger partial charge in [0.1, 0.15) is 5.69 Å². The Balaban J connectivity index is 1.94. The molecule has 1 aromatic heterocycles. The van der Waals surface area contributed by atoms with Crippen LogP contribution >= 0.6 is 0 Å². The summed E-state index contributed by atoms with van der Waals surface area (Å²) in [7, 11) is 0. The van der Waals surface area contributed by atoms with Gasteiger partial charge in [0.05, 0.1) is 0 Å². The van der Waals surface area contributed by atoms with Gasteiger partial charge in [0.25, 0.3) is 5.91 Å². The first-order valence-corrected chi connectivity index (χ1v) is 7.58. The molecule has 2 rings (SSSR count). The molecule has 23 heavy (non-hydrogen) atoms. The van der Waals surface area contributed by atoms with Crippen LogP contribution in [0.5, 0.6) is 0 Å². The zero-order valence-corrected chi connectivity index (χ0v) is 13.3. The van der Waals surface area contributed by atoms with E-state index in [9.17, 15) is 9.59 Å². The number of esters is 1. The van der Waals surface area contributed by atoms with Crippen LogP contribution in [0.2, 0.25) is 0 Å². The second kappa shape index (κ2) is 8.08. The molecule has 1 N–H and O–H groups in total. The molecule has 0 aliphatic carbocycles. The van der Waals surface area contributed by atoms with E-state index in [1.165, 1.54) is 6.20 Å². The first kappa shape index (κ1) is 16.7. The highest BCUT2D eigenvalue weighted by atomic mass is 16.5. The van der Waals surface area contributed by atoms with E-state index in [2.05, 4.69) is 24.1 Å². The van der Waals surface area contributed by atoms with Crippen molar-refractivity contribution < 1.29 is 14.3 Å². The van der Waals surface area contributed by atoms with Gasteiger partial charge in [0, 0.05) is 11.9 Å². The predicted molar refractivity (Wildman–Crippen MR) is 88.3 cm³/mol. The molecule has 5 nitrogen and oxygen atoms in total. The number of ether oxygens (including phenoxy) is 1. The van der Waals surface area contributed by atoms with Crippen LogP contribution in [-0.2, 0) is 9.53 Å². The van der Waals surface area contributed by atoms with Crippen LogP contribution in [0.25, 0.3) is 0 Å². The maximum Gasteiger partial charge on any atom is 0.357 e. The number of anilines is 1. The summed E-state index contributed by atoms with van der Waals surface area (Å²) in [6, 6.07) is 12.6. The quantitative estimate of drug-likeness (QED) is 0.830. The van der Waals surface area contributed by atoms with Crippen molar-refractivity contribution in [2.45, 2.75) is 26.2 Å². The summed E-state index contributed by atoms with van der Waals surface area (Å²) >= 11 is 0. The van der Waals surface area contributed by atoms with Crippen molar-refractivity contribution in [2.24, 2.45) is 0 Å². The van der Waals surface area contributed by atoms with Crippen molar-refractivity contribution in [3.05, 3.63) is 59.9 Å². The summed E-state index contributed by atoms with van der Waals surface area (Å²) in [5.74, 6) is -0.649.